The third-order valence-electron chi connectivity index (χ3n) is 6.27. The maximum atomic E-state index is 12.5. The second-order valence-corrected chi connectivity index (χ2v) is 8.25. The van der Waals surface area contributed by atoms with Crippen molar-refractivity contribution >= 4 is 5.91 Å². The molecule has 0 saturated carbocycles. The second-order valence-electron chi connectivity index (χ2n) is 8.25. The van der Waals surface area contributed by atoms with Gasteiger partial charge in [-0.25, -0.2) is 4.98 Å². The highest BCUT2D eigenvalue weighted by molar-refractivity contribution is 5.73. The van der Waals surface area contributed by atoms with Gasteiger partial charge in [0.15, 0.2) is 0 Å². The molecule has 0 aliphatic carbocycles. The average Bonchev–Trinajstić information content (AvgIpc) is 3.20. The van der Waals surface area contributed by atoms with Crippen molar-refractivity contribution in [1.82, 2.24) is 24.3 Å². The van der Waals surface area contributed by atoms with E-state index >= 15 is 0 Å². The number of amides is 1. The third kappa shape index (κ3) is 4.72. The fourth-order valence-electron chi connectivity index (χ4n) is 4.61. The standard InChI is InChI=1S/C22H29N5O2/c1-17(28)27-10-2-3-20(27)15-25-11-6-18(7-12-25)14-26-16-24-21(13-22(26)29)19-4-8-23-9-5-19/h4-5,8-9,13,16,18,20H,2-3,6-7,10-12,14-15H2,1H3. The number of pyridine rings is 1. The molecular weight excluding hydrogens is 366 g/mol. The van der Waals surface area contributed by atoms with Gasteiger partial charge in [0.05, 0.1) is 12.0 Å². The van der Waals surface area contributed by atoms with E-state index in [-0.39, 0.29) is 11.5 Å². The van der Waals surface area contributed by atoms with Crippen molar-refractivity contribution in [2.75, 3.05) is 26.2 Å². The van der Waals surface area contributed by atoms with Gasteiger partial charge in [-0.3, -0.25) is 19.1 Å². The Morgan fingerprint density at radius 2 is 1.86 bits per heavy atom. The van der Waals surface area contributed by atoms with Crippen molar-refractivity contribution in [3.8, 4) is 11.3 Å². The van der Waals surface area contributed by atoms with Gasteiger partial charge >= 0.3 is 0 Å². The summed E-state index contributed by atoms with van der Waals surface area (Å²) >= 11 is 0. The quantitative estimate of drug-likeness (QED) is 0.775. The minimum absolute atomic E-state index is 0.00250. The minimum atomic E-state index is -0.00250. The van der Waals surface area contributed by atoms with E-state index in [1.165, 1.54) is 0 Å². The highest BCUT2D eigenvalue weighted by Gasteiger charge is 2.29. The fourth-order valence-corrected chi connectivity index (χ4v) is 4.61. The van der Waals surface area contributed by atoms with E-state index in [2.05, 4.69) is 14.9 Å². The van der Waals surface area contributed by atoms with Crippen LogP contribution in [-0.4, -0.2) is 62.5 Å². The van der Waals surface area contributed by atoms with Crippen LogP contribution in [0.25, 0.3) is 11.3 Å². The number of hydrogen-bond donors (Lipinski definition) is 0. The summed E-state index contributed by atoms with van der Waals surface area (Å²) in [6.45, 7) is 6.35. The SMILES string of the molecule is CC(=O)N1CCCC1CN1CCC(Cn2cnc(-c3ccncc3)cc2=O)CC1. The topological polar surface area (TPSA) is 71.3 Å². The molecule has 7 heteroatoms. The number of likely N-dealkylation sites (tertiary alicyclic amines) is 2. The first-order valence-electron chi connectivity index (χ1n) is 10.6. The molecule has 2 fully saturated rings. The molecule has 0 spiro atoms. The van der Waals surface area contributed by atoms with E-state index in [0.29, 0.717) is 17.7 Å². The predicted molar refractivity (Wildman–Crippen MR) is 111 cm³/mol. The lowest BCUT2D eigenvalue weighted by Gasteiger charge is -2.35. The van der Waals surface area contributed by atoms with Gasteiger partial charge < -0.3 is 9.80 Å². The van der Waals surface area contributed by atoms with Crippen LogP contribution in [0.2, 0.25) is 0 Å². The highest BCUT2D eigenvalue weighted by atomic mass is 16.2. The Labute approximate surface area is 171 Å². The molecule has 2 aromatic heterocycles. The number of rotatable bonds is 5. The molecule has 0 aromatic carbocycles. The van der Waals surface area contributed by atoms with E-state index in [1.54, 1.807) is 36.3 Å². The van der Waals surface area contributed by atoms with Gasteiger partial charge in [-0.05, 0) is 56.8 Å². The van der Waals surface area contributed by atoms with Crippen LogP contribution < -0.4 is 5.56 Å². The number of carbonyl (C=O) groups is 1. The number of hydrogen-bond acceptors (Lipinski definition) is 5. The smallest absolute Gasteiger partial charge is 0.253 e. The predicted octanol–water partition coefficient (Wildman–Crippen LogP) is 2.03. The largest absolute Gasteiger partial charge is 0.339 e. The van der Waals surface area contributed by atoms with E-state index in [0.717, 1.165) is 64.0 Å². The zero-order valence-corrected chi connectivity index (χ0v) is 17.0. The molecule has 0 radical (unpaired) electrons. The first-order chi connectivity index (χ1) is 14.1. The van der Waals surface area contributed by atoms with Gasteiger partial charge in [-0.15, -0.1) is 0 Å². The molecule has 1 amide bonds. The van der Waals surface area contributed by atoms with Crippen LogP contribution in [0.1, 0.15) is 32.6 Å². The van der Waals surface area contributed by atoms with Crippen LogP contribution >= 0.6 is 0 Å². The summed E-state index contributed by atoms with van der Waals surface area (Å²) in [5.41, 5.74) is 1.59. The van der Waals surface area contributed by atoms with E-state index in [9.17, 15) is 9.59 Å². The van der Waals surface area contributed by atoms with Crippen LogP contribution in [0, 0.1) is 5.92 Å². The van der Waals surface area contributed by atoms with Crippen molar-refractivity contribution in [2.45, 2.75) is 45.2 Å². The first kappa shape index (κ1) is 19.8. The van der Waals surface area contributed by atoms with Crippen molar-refractivity contribution in [2.24, 2.45) is 5.92 Å². The van der Waals surface area contributed by atoms with Crippen LogP contribution in [0.5, 0.6) is 0 Å². The van der Waals surface area contributed by atoms with Crippen LogP contribution in [0.4, 0.5) is 0 Å². The van der Waals surface area contributed by atoms with Crippen LogP contribution in [0.15, 0.2) is 41.7 Å². The lowest BCUT2D eigenvalue weighted by atomic mass is 9.96. The summed E-state index contributed by atoms with van der Waals surface area (Å²) in [6, 6.07) is 5.70. The Hall–Kier alpha value is -2.54. The zero-order chi connectivity index (χ0) is 20.2. The van der Waals surface area contributed by atoms with Crippen molar-refractivity contribution in [3.63, 3.8) is 0 Å². The molecule has 0 N–H and O–H groups in total. The Morgan fingerprint density at radius 3 is 2.55 bits per heavy atom. The summed E-state index contributed by atoms with van der Waals surface area (Å²) < 4.78 is 1.74. The van der Waals surface area contributed by atoms with Gasteiger partial charge in [0.2, 0.25) is 5.91 Å². The molecule has 29 heavy (non-hydrogen) atoms. The van der Waals surface area contributed by atoms with Crippen LogP contribution in [-0.2, 0) is 11.3 Å². The van der Waals surface area contributed by atoms with E-state index < -0.39 is 0 Å². The van der Waals surface area contributed by atoms with E-state index in [1.807, 2.05) is 17.0 Å². The summed E-state index contributed by atoms with van der Waals surface area (Å²) in [5.74, 6) is 0.689. The molecule has 2 aliphatic rings. The summed E-state index contributed by atoms with van der Waals surface area (Å²) in [7, 11) is 0. The molecule has 2 aromatic rings. The zero-order valence-electron chi connectivity index (χ0n) is 17.0. The Kier molecular flexibility index (Phi) is 6.04. The summed E-state index contributed by atoms with van der Waals surface area (Å²) in [5, 5.41) is 0. The Morgan fingerprint density at radius 1 is 1.10 bits per heavy atom. The third-order valence-corrected chi connectivity index (χ3v) is 6.27. The van der Waals surface area contributed by atoms with Gasteiger partial charge in [-0.1, -0.05) is 0 Å². The molecule has 154 valence electrons. The monoisotopic (exact) mass is 395 g/mol. The fraction of sp³-hybridized carbons (Fsp3) is 0.545. The van der Waals surface area contributed by atoms with Crippen molar-refractivity contribution in [3.05, 3.63) is 47.3 Å². The van der Waals surface area contributed by atoms with Crippen LogP contribution in [0.3, 0.4) is 0 Å². The Balaban J connectivity index is 1.31. The van der Waals surface area contributed by atoms with Crippen molar-refractivity contribution in [1.29, 1.82) is 0 Å². The number of aromatic nitrogens is 3. The molecule has 0 bridgehead atoms. The van der Waals surface area contributed by atoms with Gasteiger partial charge in [0.25, 0.3) is 5.56 Å². The summed E-state index contributed by atoms with van der Waals surface area (Å²) in [6.07, 6.45) is 9.47. The molecule has 4 heterocycles. The summed E-state index contributed by atoms with van der Waals surface area (Å²) in [4.78, 5) is 37.3. The second kappa shape index (κ2) is 8.86. The number of nitrogens with zero attached hydrogens (tertiary/aromatic N) is 5. The highest BCUT2D eigenvalue weighted by Crippen LogP contribution is 2.23. The molecule has 7 nitrogen and oxygen atoms in total. The van der Waals surface area contributed by atoms with Gasteiger partial charge in [0.1, 0.15) is 0 Å². The minimum Gasteiger partial charge on any atom is -0.339 e. The van der Waals surface area contributed by atoms with E-state index in [4.69, 9.17) is 0 Å². The molecule has 2 saturated heterocycles. The molecule has 2 aliphatic heterocycles. The maximum absolute atomic E-state index is 12.5. The van der Waals surface area contributed by atoms with Gasteiger partial charge in [0, 0.05) is 56.6 Å². The Bertz CT molecular complexity index is 890. The lowest BCUT2D eigenvalue weighted by molar-refractivity contribution is -0.130. The average molecular weight is 396 g/mol. The first-order valence-corrected chi connectivity index (χ1v) is 10.6. The molecule has 1 atom stereocenters. The number of piperidine rings is 1. The lowest BCUT2D eigenvalue weighted by Crippen LogP contribution is -2.45. The van der Waals surface area contributed by atoms with Crippen molar-refractivity contribution < 1.29 is 4.79 Å². The number of carbonyl (C=O) groups excluding carboxylic acids is 1. The normalized spacial score (nSPS) is 20.9. The molecular formula is C22H29N5O2. The van der Waals surface area contributed by atoms with Gasteiger partial charge in [-0.2, -0.15) is 0 Å². The maximum Gasteiger partial charge on any atom is 0.253 e. The molecule has 1 unspecified atom stereocenters. The molecule has 4 rings (SSSR count).